The lowest BCUT2D eigenvalue weighted by atomic mass is 9.91. The number of ether oxygens (including phenoxy) is 3. The van der Waals surface area contributed by atoms with Crippen LogP contribution in [0.4, 0.5) is 0 Å². The molecule has 0 saturated heterocycles. The van der Waals surface area contributed by atoms with E-state index in [0.717, 1.165) is 35.5 Å². The highest BCUT2D eigenvalue weighted by molar-refractivity contribution is 5.48. The van der Waals surface area contributed by atoms with E-state index in [1.807, 2.05) is 19.1 Å². The topological polar surface area (TPSA) is 47.9 Å². The molecule has 1 N–H and O–H groups in total. The molecule has 4 heteroatoms. The number of hydrogen-bond acceptors (Lipinski definition) is 4. The lowest BCUT2D eigenvalue weighted by molar-refractivity contribution is -0.0361. The quantitative estimate of drug-likeness (QED) is 0.865. The molecule has 0 amide bonds. The molecule has 2 atom stereocenters. The molecule has 2 rings (SSSR count). The Kier molecular flexibility index (Phi) is 4.79. The fourth-order valence-corrected chi connectivity index (χ4v) is 2.71. The van der Waals surface area contributed by atoms with Crippen LogP contribution in [-0.4, -0.2) is 30.7 Å². The maximum Gasteiger partial charge on any atom is 0.188 e. The highest BCUT2D eigenvalue weighted by Gasteiger charge is 2.33. The van der Waals surface area contributed by atoms with Crippen molar-refractivity contribution in [2.24, 2.45) is 0 Å². The van der Waals surface area contributed by atoms with E-state index in [1.54, 1.807) is 21.0 Å². The summed E-state index contributed by atoms with van der Waals surface area (Å²) < 4.78 is 16.7. The maximum atomic E-state index is 10.3. The average molecular weight is 294 g/mol. The van der Waals surface area contributed by atoms with Gasteiger partial charge in [0.25, 0.3) is 0 Å². The van der Waals surface area contributed by atoms with Gasteiger partial charge in [-0.15, -0.1) is 0 Å². The molecule has 0 radical (unpaired) electrons. The second-order valence-electron chi connectivity index (χ2n) is 6.44. The zero-order valence-corrected chi connectivity index (χ0v) is 13.6. The molecule has 0 spiro atoms. The van der Waals surface area contributed by atoms with Crippen molar-refractivity contribution in [3.63, 3.8) is 0 Å². The van der Waals surface area contributed by atoms with Gasteiger partial charge in [-0.3, -0.25) is 0 Å². The number of benzene rings is 1. The summed E-state index contributed by atoms with van der Waals surface area (Å²) >= 11 is 0. The van der Waals surface area contributed by atoms with Gasteiger partial charge in [0.2, 0.25) is 0 Å². The maximum absolute atomic E-state index is 10.3. The van der Waals surface area contributed by atoms with Crippen LogP contribution in [0.1, 0.15) is 50.7 Å². The van der Waals surface area contributed by atoms with E-state index in [2.05, 4.69) is 6.92 Å². The second-order valence-corrected chi connectivity index (χ2v) is 6.44. The zero-order chi connectivity index (χ0) is 15.6. The van der Waals surface area contributed by atoms with E-state index in [0.29, 0.717) is 5.92 Å². The minimum atomic E-state index is -0.847. The molecule has 1 heterocycles. The predicted molar refractivity (Wildman–Crippen MR) is 82.0 cm³/mol. The third-order valence-corrected chi connectivity index (χ3v) is 4.09. The van der Waals surface area contributed by atoms with E-state index >= 15 is 0 Å². The molecule has 0 bridgehead atoms. The molecular weight excluding hydrogens is 268 g/mol. The van der Waals surface area contributed by atoms with Crippen LogP contribution in [0.15, 0.2) is 12.1 Å². The first-order valence-corrected chi connectivity index (χ1v) is 7.48. The highest BCUT2D eigenvalue weighted by atomic mass is 16.7. The van der Waals surface area contributed by atoms with E-state index in [1.165, 1.54) is 0 Å². The SMILES string of the molecule is COCOc1cc2c(cc1C)O[C@H](C(C)(C)O)CC[C@@H]2C. The number of hydrogen-bond donors (Lipinski definition) is 1. The Labute approximate surface area is 127 Å². The molecule has 1 aromatic rings. The fraction of sp³-hybridized carbons (Fsp3) is 0.647. The van der Waals surface area contributed by atoms with Gasteiger partial charge in [0.1, 0.15) is 17.6 Å². The Morgan fingerprint density at radius 3 is 2.67 bits per heavy atom. The summed E-state index contributed by atoms with van der Waals surface area (Å²) in [5.41, 5.74) is 1.30. The first-order chi connectivity index (χ1) is 9.82. The number of fused-ring (bicyclic) bond motifs is 1. The van der Waals surface area contributed by atoms with Crippen LogP contribution in [0.25, 0.3) is 0 Å². The van der Waals surface area contributed by atoms with Crippen molar-refractivity contribution in [1.82, 2.24) is 0 Å². The van der Waals surface area contributed by atoms with Crippen molar-refractivity contribution in [1.29, 1.82) is 0 Å². The van der Waals surface area contributed by atoms with Crippen LogP contribution in [0, 0.1) is 6.92 Å². The van der Waals surface area contributed by atoms with Gasteiger partial charge >= 0.3 is 0 Å². The Morgan fingerprint density at radius 1 is 1.33 bits per heavy atom. The molecule has 0 aromatic heterocycles. The van der Waals surface area contributed by atoms with Crippen LogP contribution < -0.4 is 9.47 Å². The summed E-state index contributed by atoms with van der Waals surface area (Å²) in [4.78, 5) is 0. The van der Waals surface area contributed by atoms with Gasteiger partial charge in [-0.1, -0.05) is 6.92 Å². The number of rotatable bonds is 4. The molecule has 1 aromatic carbocycles. The fourth-order valence-electron chi connectivity index (χ4n) is 2.71. The number of aliphatic hydroxyl groups is 1. The average Bonchev–Trinajstić information content (AvgIpc) is 2.55. The minimum absolute atomic E-state index is 0.189. The molecule has 1 aliphatic heterocycles. The molecule has 0 aliphatic carbocycles. The van der Waals surface area contributed by atoms with Crippen LogP contribution in [0.2, 0.25) is 0 Å². The Bertz CT molecular complexity index is 490. The smallest absolute Gasteiger partial charge is 0.188 e. The molecule has 0 unspecified atom stereocenters. The third-order valence-electron chi connectivity index (χ3n) is 4.09. The zero-order valence-electron chi connectivity index (χ0n) is 13.6. The predicted octanol–water partition coefficient (Wildman–Crippen LogP) is 3.39. The summed E-state index contributed by atoms with van der Waals surface area (Å²) in [5, 5.41) is 10.3. The van der Waals surface area contributed by atoms with Gasteiger partial charge in [0.15, 0.2) is 6.79 Å². The van der Waals surface area contributed by atoms with Gasteiger partial charge in [0, 0.05) is 12.7 Å². The lowest BCUT2D eigenvalue weighted by Gasteiger charge is -2.29. The van der Waals surface area contributed by atoms with Crippen molar-refractivity contribution in [3.05, 3.63) is 23.3 Å². The van der Waals surface area contributed by atoms with Crippen LogP contribution in [0.3, 0.4) is 0 Å². The molecule has 1 aliphatic rings. The van der Waals surface area contributed by atoms with Gasteiger partial charge in [-0.05, 0) is 57.2 Å². The summed E-state index contributed by atoms with van der Waals surface area (Å²) in [7, 11) is 1.61. The van der Waals surface area contributed by atoms with Gasteiger partial charge in [-0.25, -0.2) is 0 Å². The second kappa shape index (κ2) is 6.24. The Morgan fingerprint density at radius 2 is 2.05 bits per heavy atom. The van der Waals surface area contributed by atoms with E-state index in [4.69, 9.17) is 14.2 Å². The Balaban J connectivity index is 2.34. The normalized spacial score (nSPS) is 22.2. The van der Waals surface area contributed by atoms with Gasteiger partial charge in [0.05, 0.1) is 5.60 Å². The summed E-state index contributed by atoms with van der Waals surface area (Å²) in [6.45, 7) is 8.02. The van der Waals surface area contributed by atoms with E-state index in [-0.39, 0.29) is 12.9 Å². The molecule has 21 heavy (non-hydrogen) atoms. The molecule has 0 saturated carbocycles. The van der Waals surface area contributed by atoms with E-state index < -0.39 is 5.60 Å². The number of aryl methyl sites for hydroxylation is 1. The van der Waals surface area contributed by atoms with Gasteiger partial charge in [-0.2, -0.15) is 0 Å². The third kappa shape index (κ3) is 3.69. The van der Waals surface area contributed by atoms with Crippen LogP contribution in [-0.2, 0) is 4.74 Å². The van der Waals surface area contributed by atoms with Crippen LogP contribution >= 0.6 is 0 Å². The molecule has 0 fully saturated rings. The first-order valence-electron chi connectivity index (χ1n) is 7.48. The highest BCUT2D eigenvalue weighted by Crippen LogP contribution is 2.40. The summed E-state index contributed by atoms with van der Waals surface area (Å²) in [5.74, 6) is 2.06. The van der Waals surface area contributed by atoms with Crippen molar-refractivity contribution >= 4 is 0 Å². The van der Waals surface area contributed by atoms with Crippen molar-refractivity contribution < 1.29 is 19.3 Å². The van der Waals surface area contributed by atoms with E-state index in [9.17, 15) is 5.11 Å². The van der Waals surface area contributed by atoms with Crippen molar-refractivity contribution in [2.45, 2.75) is 58.2 Å². The van der Waals surface area contributed by atoms with Crippen molar-refractivity contribution in [3.8, 4) is 11.5 Å². The lowest BCUT2D eigenvalue weighted by Crippen LogP contribution is -2.40. The summed E-state index contributed by atoms with van der Waals surface area (Å²) in [6, 6.07) is 4.04. The Hall–Kier alpha value is -1.26. The molecular formula is C17H26O4. The standard InChI is InChI=1S/C17H26O4/c1-11-6-7-16(17(3,4)18)21-15-8-12(2)14(9-13(11)15)20-10-19-5/h8-9,11,16,18H,6-7,10H2,1-5H3/t11-,16-/m0/s1. The molecule has 118 valence electrons. The van der Waals surface area contributed by atoms with Crippen molar-refractivity contribution in [2.75, 3.05) is 13.9 Å². The number of methoxy groups -OCH3 is 1. The minimum Gasteiger partial charge on any atom is -0.487 e. The summed E-state index contributed by atoms with van der Waals surface area (Å²) in [6.07, 6.45) is 1.63. The first kappa shape index (κ1) is 16.1. The monoisotopic (exact) mass is 294 g/mol. The molecule has 4 nitrogen and oxygen atoms in total. The van der Waals surface area contributed by atoms with Gasteiger partial charge < -0.3 is 19.3 Å². The van der Waals surface area contributed by atoms with Crippen LogP contribution in [0.5, 0.6) is 11.5 Å². The largest absolute Gasteiger partial charge is 0.487 e.